The quantitative estimate of drug-likeness (QED) is 0.341. The summed E-state index contributed by atoms with van der Waals surface area (Å²) >= 11 is 0. The lowest BCUT2D eigenvalue weighted by Crippen LogP contribution is -2.22. The minimum atomic E-state index is -5.02. The van der Waals surface area contributed by atoms with E-state index in [1.165, 1.54) is 6.07 Å². The Hall–Kier alpha value is -2.83. The molecular weight excluding hydrogens is 282 g/mol. The van der Waals surface area contributed by atoms with Crippen LogP contribution in [0.1, 0.15) is 0 Å². The number of amidine groups is 1. The van der Waals surface area contributed by atoms with Crippen molar-refractivity contribution in [2.45, 2.75) is 6.36 Å². The topological polar surface area (TPSA) is 107 Å². The van der Waals surface area contributed by atoms with E-state index in [0.717, 1.165) is 12.1 Å². The van der Waals surface area contributed by atoms with Crippen molar-refractivity contribution in [1.82, 2.24) is 0 Å². The number of rotatable bonds is 4. The molecule has 0 fully saturated rings. The molecule has 0 saturated heterocycles. The van der Waals surface area contributed by atoms with Gasteiger partial charge in [-0.05, 0) is 12.1 Å². The molecule has 0 aliphatic carbocycles. The number of benzene rings is 1. The number of halogens is 4. The van der Waals surface area contributed by atoms with Crippen LogP contribution in [0.15, 0.2) is 23.3 Å². The van der Waals surface area contributed by atoms with E-state index >= 15 is 0 Å². The largest absolute Gasteiger partial charge is 0.573 e. The van der Waals surface area contributed by atoms with Gasteiger partial charge in [0.15, 0.2) is 11.6 Å². The lowest BCUT2D eigenvalue weighted by molar-refractivity contribution is -0.274. The number of alkyl halides is 3. The van der Waals surface area contributed by atoms with E-state index in [0.29, 0.717) is 6.07 Å². The van der Waals surface area contributed by atoms with Gasteiger partial charge in [-0.15, -0.1) is 13.2 Å². The van der Waals surface area contributed by atoms with E-state index in [4.69, 9.17) is 16.4 Å². The van der Waals surface area contributed by atoms with Gasteiger partial charge in [0.1, 0.15) is 11.9 Å². The Morgan fingerprint density at radius 3 is 2.60 bits per heavy atom. The highest BCUT2D eigenvalue weighted by molar-refractivity contribution is 6.45. The minimum Gasteiger partial charge on any atom is -0.403 e. The van der Waals surface area contributed by atoms with Crippen LogP contribution in [0.4, 0.5) is 23.2 Å². The molecule has 4 N–H and O–H groups in total. The molecule has 0 atom stereocenters. The molecule has 1 aromatic carbocycles. The monoisotopic (exact) mass is 289 g/mol. The second-order valence-corrected chi connectivity index (χ2v) is 3.29. The van der Waals surface area contributed by atoms with Crippen LogP contribution in [0.3, 0.4) is 0 Å². The van der Waals surface area contributed by atoms with Crippen molar-refractivity contribution < 1.29 is 22.3 Å². The molecule has 106 valence electrons. The standard InChI is InChI=1S/C10H7F4N5O/c11-5-1-2-6(8(3-5)20-10(12,13)14)18-19-7(4-15)9(16)17/h1-3,18H,(H3,16,17)/b19-7+. The van der Waals surface area contributed by atoms with Crippen molar-refractivity contribution in [3.05, 3.63) is 24.0 Å². The summed E-state index contributed by atoms with van der Waals surface area (Å²) < 4.78 is 52.9. The van der Waals surface area contributed by atoms with Gasteiger partial charge < -0.3 is 10.5 Å². The summed E-state index contributed by atoms with van der Waals surface area (Å²) in [5.74, 6) is -2.51. The van der Waals surface area contributed by atoms with Crippen LogP contribution in [0, 0.1) is 22.6 Å². The van der Waals surface area contributed by atoms with Crippen LogP contribution in [0.2, 0.25) is 0 Å². The second kappa shape index (κ2) is 5.87. The molecule has 0 aromatic heterocycles. The number of hydrazone groups is 1. The summed E-state index contributed by atoms with van der Waals surface area (Å²) in [6.45, 7) is 0. The van der Waals surface area contributed by atoms with Crippen LogP contribution in [-0.4, -0.2) is 17.9 Å². The Kier molecular flexibility index (Phi) is 4.47. The van der Waals surface area contributed by atoms with Crippen LogP contribution in [0.5, 0.6) is 5.75 Å². The van der Waals surface area contributed by atoms with Gasteiger partial charge in [-0.25, -0.2) is 4.39 Å². The van der Waals surface area contributed by atoms with E-state index in [1.54, 1.807) is 0 Å². The molecule has 20 heavy (non-hydrogen) atoms. The summed E-state index contributed by atoms with van der Waals surface area (Å²) in [4.78, 5) is 0. The summed E-state index contributed by atoms with van der Waals surface area (Å²) in [5.41, 5.74) is 6.14. The fraction of sp³-hybridized carbons (Fsp3) is 0.100. The number of nitrogens with zero attached hydrogens (tertiary/aromatic N) is 2. The fourth-order valence-corrected chi connectivity index (χ4v) is 1.06. The first-order valence-electron chi connectivity index (χ1n) is 4.86. The van der Waals surface area contributed by atoms with Gasteiger partial charge in [0, 0.05) is 6.07 Å². The highest BCUT2D eigenvalue weighted by Crippen LogP contribution is 2.30. The zero-order valence-corrected chi connectivity index (χ0v) is 9.62. The third kappa shape index (κ3) is 4.45. The van der Waals surface area contributed by atoms with Crippen molar-refractivity contribution in [3.8, 4) is 11.8 Å². The minimum absolute atomic E-state index is 0.349. The van der Waals surface area contributed by atoms with Crippen molar-refractivity contribution >= 4 is 17.2 Å². The molecule has 0 bridgehead atoms. The van der Waals surface area contributed by atoms with Crippen molar-refractivity contribution in [2.75, 3.05) is 5.43 Å². The molecule has 6 nitrogen and oxygen atoms in total. The zero-order chi connectivity index (χ0) is 15.3. The molecule has 0 unspecified atom stereocenters. The van der Waals surface area contributed by atoms with Gasteiger partial charge in [-0.1, -0.05) is 0 Å². The van der Waals surface area contributed by atoms with Gasteiger partial charge >= 0.3 is 6.36 Å². The van der Waals surface area contributed by atoms with Gasteiger partial charge in [-0.2, -0.15) is 10.4 Å². The van der Waals surface area contributed by atoms with Crippen molar-refractivity contribution in [2.24, 2.45) is 10.8 Å². The molecule has 0 spiro atoms. The average Bonchev–Trinajstić information content (AvgIpc) is 2.29. The van der Waals surface area contributed by atoms with E-state index in [-0.39, 0.29) is 5.69 Å². The normalized spacial score (nSPS) is 11.7. The molecule has 1 rings (SSSR count). The van der Waals surface area contributed by atoms with Crippen LogP contribution in [0.25, 0.3) is 0 Å². The third-order valence-electron chi connectivity index (χ3n) is 1.82. The van der Waals surface area contributed by atoms with Crippen LogP contribution >= 0.6 is 0 Å². The highest BCUT2D eigenvalue weighted by atomic mass is 19.4. The van der Waals surface area contributed by atoms with Gasteiger partial charge in [-0.3, -0.25) is 10.8 Å². The summed E-state index contributed by atoms with van der Waals surface area (Å²) in [6.07, 6.45) is -5.02. The molecule has 0 heterocycles. The SMILES string of the molecule is N#C/C(=N\Nc1ccc(F)cc1OC(F)(F)F)C(=N)N. The molecule has 0 aliphatic rings. The third-order valence-corrected chi connectivity index (χ3v) is 1.82. The molecular formula is C10H7F4N5O. The molecule has 0 aliphatic heterocycles. The number of nitriles is 1. The van der Waals surface area contributed by atoms with E-state index < -0.39 is 29.5 Å². The number of nitrogens with one attached hydrogen (secondary N) is 2. The maximum Gasteiger partial charge on any atom is 0.573 e. The molecule has 1 aromatic rings. The first kappa shape index (κ1) is 15.2. The predicted molar refractivity (Wildman–Crippen MR) is 61.7 cm³/mol. The fourth-order valence-electron chi connectivity index (χ4n) is 1.06. The van der Waals surface area contributed by atoms with E-state index in [9.17, 15) is 17.6 Å². The summed E-state index contributed by atoms with van der Waals surface area (Å²) in [7, 11) is 0. The number of ether oxygens (including phenoxy) is 1. The second-order valence-electron chi connectivity index (χ2n) is 3.29. The lowest BCUT2D eigenvalue weighted by Gasteiger charge is -2.12. The first-order valence-corrected chi connectivity index (χ1v) is 4.86. The number of hydrogen-bond acceptors (Lipinski definition) is 5. The molecule has 10 heteroatoms. The maximum absolute atomic E-state index is 12.9. The summed E-state index contributed by atoms with van der Waals surface area (Å²) in [5, 5.41) is 18.8. The van der Waals surface area contributed by atoms with Gasteiger partial charge in [0.2, 0.25) is 5.71 Å². The maximum atomic E-state index is 12.9. The number of anilines is 1. The highest BCUT2D eigenvalue weighted by Gasteiger charge is 2.32. The molecule has 0 radical (unpaired) electrons. The summed E-state index contributed by atoms with van der Waals surface area (Å²) in [6, 6.07) is 3.73. The number of hydrogen-bond donors (Lipinski definition) is 3. The Morgan fingerprint density at radius 2 is 2.10 bits per heavy atom. The lowest BCUT2D eigenvalue weighted by atomic mass is 10.3. The predicted octanol–water partition coefficient (Wildman–Crippen LogP) is 1.95. The average molecular weight is 289 g/mol. The molecule has 0 amide bonds. The Labute approximate surface area is 110 Å². The Morgan fingerprint density at radius 1 is 1.45 bits per heavy atom. The number of nitrogens with two attached hydrogens (primary N) is 1. The van der Waals surface area contributed by atoms with Crippen LogP contribution in [-0.2, 0) is 0 Å². The smallest absolute Gasteiger partial charge is 0.403 e. The van der Waals surface area contributed by atoms with Gasteiger partial charge in [0.25, 0.3) is 0 Å². The van der Waals surface area contributed by atoms with E-state index in [2.05, 4.69) is 9.84 Å². The Balaban J connectivity index is 3.07. The van der Waals surface area contributed by atoms with Crippen molar-refractivity contribution in [3.63, 3.8) is 0 Å². The zero-order valence-electron chi connectivity index (χ0n) is 9.62. The molecule has 0 saturated carbocycles. The first-order chi connectivity index (χ1) is 9.23. The van der Waals surface area contributed by atoms with Crippen molar-refractivity contribution in [1.29, 1.82) is 10.7 Å². The van der Waals surface area contributed by atoms with Crippen LogP contribution < -0.4 is 15.9 Å². The van der Waals surface area contributed by atoms with Gasteiger partial charge in [0.05, 0.1) is 5.69 Å². The van der Waals surface area contributed by atoms with E-state index in [1.807, 2.05) is 5.43 Å². The Bertz CT molecular complexity index is 590.